The predicted octanol–water partition coefficient (Wildman–Crippen LogP) is 4.97. The van der Waals surface area contributed by atoms with Crippen LogP contribution in [0.2, 0.25) is 0 Å². The zero-order chi connectivity index (χ0) is 19.5. The first-order chi connectivity index (χ1) is 13.1. The Bertz CT molecular complexity index is 580. The van der Waals surface area contributed by atoms with Gasteiger partial charge in [0.05, 0.1) is 12.5 Å². The lowest BCUT2D eigenvalue weighted by molar-refractivity contribution is -0.150. The van der Waals surface area contributed by atoms with E-state index in [4.69, 9.17) is 4.74 Å². The first-order valence-corrected chi connectivity index (χ1v) is 10.3. The predicted molar refractivity (Wildman–Crippen MR) is 104 cm³/mol. The maximum absolute atomic E-state index is 13.0. The average Bonchev–Trinajstić information content (AvgIpc) is 2.70. The molecule has 1 amide bonds. The van der Waals surface area contributed by atoms with Crippen LogP contribution < -0.4 is 0 Å². The number of piperidine rings is 1. The fraction of sp³-hybridized carbons (Fsp3) is 0.636. The van der Waals surface area contributed by atoms with Crippen LogP contribution in [-0.4, -0.2) is 36.5 Å². The van der Waals surface area contributed by atoms with Gasteiger partial charge in [-0.25, -0.2) is 4.39 Å². The number of amides is 1. The summed E-state index contributed by atoms with van der Waals surface area (Å²) in [6.45, 7) is 3.78. The molecule has 1 aromatic carbocycles. The summed E-state index contributed by atoms with van der Waals surface area (Å²) in [6, 6.07) is 5.59. The topological polar surface area (TPSA) is 46.6 Å². The van der Waals surface area contributed by atoms with E-state index in [1.165, 1.54) is 56.4 Å². The van der Waals surface area contributed by atoms with E-state index < -0.39 is 0 Å². The van der Waals surface area contributed by atoms with E-state index in [2.05, 4.69) is 6.92 Å². The number of rotatable bonds is 10. The van der Waals surface area contributed by atoms with Crippen LogP contribution in [0.4, 0.5) is 4.39 Å². The molecular formula is C22H32FNO3. The van der Waals surface area contributed by atoms with Crippen molar-refractivity contribution in [3.05, 3.63) is 35.6 Å². The average molecular weight is 378 g/mol. The molecule has 1 fully saturated rings. The van der Waals surface area contributed by atoms with Crippen molar-refractivity contribution in [2.45, 2.75) is 64.7 Å². The largest absolute Gasteiger partial charge is 0.465 e. The molecule has 0 unspecified atom stereocenters. The molecule has 1 aromatic rings. The van der Waals surface area contributed by atoms with Crippen LogP contribution in [-0.2, 0) is 9.53 Å². The van der Waals surface area contributed by atoms with Crippen molar-refractivity contribution in [3.8, 4) is 0 Å². The number of hydrogen-bond acceptors (Lipinski definition) is 3. The van der Waals surface area contributed by atoms with E-state index >= 15 is 0 Å². The number of esters is 1. The molecule has 0 N–H and O–H groups in total. The molecule has 5 heteroatoms. The summed E-state index contributed by atoms with van der Waals surface area (Å²) in [4.78, 5) is 26.3. The van der Waals surface area contributed by atoms with Crippen LogP contribution in [0.15, 0.2) is 24.3 Å². The summed E-state index contributed by atoms with van der Waals surface area (Å²) in [7, 11) is 0. The maximum Gasteiger partial charge on any atom is 0.309 e. The molecule has 1 aliphatic rings. The fourth-order valence-corrected chi connectivity index (χ4v) is 3.44. The number of likely N-dealkylation sites (tertiary alicyclic amines) is 1. The number of carbonyl (C=O) groups excluding carboxylic acids is 2. The standard InChI is InChI=1S/C22H32FNO3/c1-2-3-4-5-6-7-8-17-27-22(26)19-13-15-24(16-14-19)21(25)18-9-11-20(23)12-10-18/h9-12,19H,2-8,13-17H2,1H3. The molecule has 150 valence electrons. The number of unbranched alkanes of at least 4 members (excludes halogenated alkanes) is 6. The van der Waals surface area contributed by atoms with Gasteiger partial charge in [-0.1, -0.05) is 45.4 Å². The Labute approximate surface area is 162 Å². The van der Waals surface area contributed by atoms with Crippen molar-refractivity contribution in [3.63, 3.8) is 0 Å². The summed E-state index contributed by atoms with van der Waals surface area (Å²) in [6.07, 6.45) is 9.63. The molecule has 0 bridgehead atoms. The molecule has 4 nitrogen and oxygen atoms in total. The zero-order valence-electron chi connectivity index (χ0n) is 16.4. The van der Waals surface area contributed by atoms with Crippen molar-refractivity contribution in [2.24, 2.45) is 5.92 Å². The smallest absolute Gasteiger partial charge is 0.309 e. The third-order valence-electron chi connectivity index (χ3n) is 5.20. The quantitative estimate of drug-likeness (QED) is 0.427. The highest BCUT2D eigenvalue weighted by Crippen LogP contribution is 2.21. The van der Waals surface area contributed by atoms with E-state index in [-0.39, 0.29) is 23.6 Å². The maximum atomic E-state index is 13.0. The molecule has 0 saturated carbocycles. The minimum absolute atomic E-state index is 0.107. The van der Waals surface area contributed by atoms with Crippen LogP contribution >= 0.6 is 0 Å². The SMILES string of the molecule is CCCCCCCCCOC(=O)C1CCN(C(=O)c2ccc(F)cc2)CC1. The zero-order valence-corrected chi connectivity index (χ0v) is 16.4. The normalized spacial score (nSPS) is 15.0. The van der Waals surface area contributed by atoms with Crippen molar-refractivity contribution in [1.82, 2.24) is 4.90 Å². The first kappa shape index (κ1) is 21.4. The van der Waals surface area contributed by atoms with Gasteiger partial charge in [0.1, 0.15) is 5.82 Å². The third kappa shape index (κ3) is 7.31. The van der Waals surface area contributed by atoms with Gasteiger partial charge in [0.2, 0.25) is 0 Å². The highest BCUT2D eigenvalue weighted by molar-refractivity contribution is 5.94. The Morgan fingerprint density at radius 2 is 1.59 bits per heavy atom. The summed E-state index contributed by atoms with van der Waals surface area (Å²) in [5.41, 5.74) is 0.483. The van der Waals surface area contributed by atoms with Gasteiger partial charge in [-0.15, -0.1) is 0 Å². The van der Waals surface area contributed by atoms with Crippen LogP contribution in [0.1, 0.15) is 75.1 Å². The van der Waals surface area contributed by atoms with Crippen LogP contribution in [0.3, 0.4) is 0 Å². The number of hydrogen-bond donors (Lipinski definition) is 0. The number of nitrogens with zero attached hydrogens (tertiary/aromatic N) is 1. The molecular weight excluding hydrogens is 345 g/mol. The number of carbonyl (C=O) groups is 2. The van der Waals surface area contributed by atoms with E-state index in [0.717, 1.165) is 12.8 Å². The van der Waals surface area contributed by atoms with E-state index in [0.29, 0.717) is 38.1 Å². The molecule has 0 atom stereocenters. The van der Waals surface area contributed by atoms with Gasteiger partial charge >= 0.3 is 5.97 Å². The fourth-order valence-electron chi connectivity index (χ4n) is 3.44. The van der Waals surface area contributed by atoms with Gasteiger partial charge in [-0.05, 0) is 43.5 Å². The highest BCUT2D eigenvalue weighted by Gasteiger charge is 2.28. The molecule has 1 heterocycles. The van der Waals surface area contributed by atoms with Gasteiger partial charge in [0.15, 0.2) is 0 Å². The molecule has 2 rings (SSSR count). The Morgan fingerprint density at radius 1 is 1.00 bits per heavy atom. The summed E-state index contributed by atoms with van der Waals surface area (Å²) in [5.74, 6) is -0.708. The highest BCUT2D eigenvalue weighted by atomic mass is 19.1. The third-order valence-corrected chi connectivity index (χ3v) is 5.20. The molecule has 1 saturated heterocycles. The van der Waals surface area contributed by atoms with Crippen molar-refractivity contribution < 1.29 is 18.7 Å². The monoisotopic (exact) mass is 377 g/mol. The lowest BCUT2D eigenvalue weighted by Gasteiger charge is -2.31. The second-order valence-corrected chi connectivity index (χ2v) is 7.36. The number of benzene rings is 1. The van der Waals surface area contributed by atoms with E-state index in [9.17, 15) is 14.0 Å². The van der Waals surface area contributed by atoms with Gasteiger partial charge in [-0.3, -0.25) is 9.59 Å². The van der Waals surface area contributed by atoms with Gasteiger partial charge in [0.25, 0.3) is 5.91 Å². The Kier molecular flexibility index (Phi) is 9.29. The lowest BCUT2D eigenvalue weighted by Crippen LogP contribution is -2.40. The van der Waals surface area contributed by atoms with Crippen LogP contribution in [0.25, 0.3) is 0 Å². The minimum atomic E-state index is -0.353. The van der Waals surface area contributed by atoms with E-state index in [1.807, 2.05) is 0 Å². The minimum Gasteiger partial charge on any atom is -0.465 e. The lowest BCUT2D eigenvalue weighted by atomic mass is 9.96. The van der Waals surface area contributed by atoms with Crippen LogP contribution in [0, 0.1) is 11.7 Å². The second-order valence-electron chi connectivity index (χ2n) is 7.36. The Balaban J connectivity index is 1.61. The van der Waals surface area contributed by atoms with Crippen molar-refractivity contribution in [1.29, 1.82) is 0 Å². The van der Waals surface area contributed by atoms with Crippen molar-refractivity contribution in [2.75, 3.05) is 19.7 Å². The molecule has 27 heavy (non-hydrogen) atoms. The Morgan fingerprint density at radius 3 is 2.22 bits per heavy atom. The molecule has 0 aromatic heterocycles. The van der Waals surface area contributed by atoms with Crippen molar-refractivity contribution >= 4 is 11.9 Å². The molecule has 1 aliphatic heterocycles. The Hall–Kier alpha value is -1.91. The molecule has 0 aliphatic carbocycles. The summed E-state index contributed by atoms with van der Waals surface area (Å²) >= 11 is 0. The number of ether oxygens (including phenoxy) is 1. The van der Waals surface area contributed by atoms with Gasteiger partial charge < -0.3 is 9.64 Å². The first-order valence-electron chi connectivity index (χ1n) is 10.3. The van der Waals surface area contributed by atoms with Gasteiger partial charge in [0, 0.05) is 18.7 Å². The summed E-state index contributed by atoms with van der Waals surface area (Å²) < 4.78 is 18.4. The van der Waals surface area contributed by atoms with Crippen LogP contribution in [0.5, 0.6) is 0 Å². The molecule has 0 spiro atoms. The van der Waals surface area contributed by atoms with E-state index in [1.54, 1.807) is 4.90 Å². The summed E-state index contributed by atoms with van der Waals surface area (Å²) in [5, 5.41) is 0. The molecule has 0 radical (unpaired) electrons. The van der Waals surface area contributed by atoms with Gasteiger partial charge in [-0.2, -0.15) is 0 Å². The number of halogens is 1. The second kappa shape index (κ2) is 11.7.